The molecule has 0 unspecified atom stereocenters. The van der Waals surface area contributed by atoms with Crippen molar-refractivity contribution in [1.29, 1.82) is 0 Å². The number of aldehydes is 1. The van der Waals surface area contributed by atoms with Gasteiger partial charge in [0.2, 0.25) is 0 Å². The molecule has 0 bridgehead atoms. The topological polar surface area (TPSA) is 102 Å². The van der Waals surface area contributed by atoms with Gasteiger partial charge in [-0.05, 0) is 12.5 Å². The van der Waals surface area contributed by atoms with Crippen molar-refractivity contribution in [3.63, 3.8) is 0 Å². The summed E-state index contributed by atoms with van der Waals surface area (Å²) in [5.74, 6) is -0.856. The van der Waals surface area contributed by atoms with Gasteiger partial charge in [0.15, 0.2) is 0 Å². The largest absolute Gasteiger partial charge is 0.463 e. The number of benzene rings is 1. The van der Waals surface area contributed by atoms with E-state index in [0.29, 0.717) is 12.9 Å². The van der Waals surface area contributed by atoms with Crippen LogP contribution in [0.25, 0.3) is 0 Å². The molecule has 0 saturated carbocycles. The van der Waals surface area contributed by atoms with Crippen LogP contribution in [0.3, 0.4) is 0 Å². The number of ether oxygens (including phenoxy) is 1. The van der Waals surface area contributed by atoms with Crippen molar-refractivity contribution >= 4 is 18.0 Å². The Morgan fingerprint density at radius 2 is 2.00 bits per heavy atom. The third kappa shape index (κ3) is 7.13. The summed E-state index contributed by atoms with van der Waals surface area (Å²) in [5.41, 5.74) is 2.38. The van der Waals surface area contributed by atoms with Gasteiger partial charge in [-0.1, -0.05) is 30.3 Å². The maximum atomic E-state index is 12.4. The zero-order valence-corrected chi connectivity index (χ0v) is 14.6. The lowest BCUT2D eigenvalue weighted by atomic mass is 9.78. The SMILES string of the molecule is CC(=O)OC[C@@H](O)[C@@](C)(CNOCc1ccccc1)C(=O)CCC=O. The van der Waals surface area contributed by atoms with Crippen LogP contribution in [-0.4, -0.2) is 42.4 Å². The Balaban J connectivity index is 2.64. The van der Waals surface area contributed by atoms with Gasteiger partial charge in [0.05, 0.1) is 12.0 Å². The van der Waals surface area contributed by atoms with E-state index in [1.807, 2.05) is 30.3 Å². The summed E-state index contributed by atoms with van der Waals surface area (Å²) in [6, 6.07) is 9.45. The predicted molar refractivity (Wildman–Crippen MR) is 90.3 cm³/mol. The van der Waals surface area contributed by atoms with E-state index in [9.17, 15) is 19.5 Å². The average Bonchev–Trinajstić information content (AvgIpc) is 2.61. The first-order chi connectivity index (χ1) is 11.9. The van der Waals surface area contributed by atoms with E-state index in [1.165, 1.54) is 6.92 Å². The smallest absolute Gasteiger partial charge is 0.302 e. The number of nitrogens with one attached hydrogen (secondary N) is 1. The molecule has 0 amide bonds. The number of esters is 1. The van der Waals surface area contributed by atoms with Crippen molar-refractivity contribution in [1.82, 2.24) is 5.48 Å². The first-order valence-electron chi connectivity index (χ1n) is 8.07. The fraction of sp³-hybridized carbons (Fsp3) is 0.500. The van der Waals surface area contributed by atoms with Gasteiger partial charge in [0.1, 0.15) is 24.8 Å². The fourth-order valence-electron chi connectivity index (χ4n) is 2.17. The number of hydroxylamine groups is 1. The summed E-state index contributed by atoms with van der Waals surface area (Å²) >= 11 is 0. The Morgan fingerprint density at radius 3 is 2.60 bits per heavy atom. The van der Waals surface area contributed by atoms with Crippen molar-refractivity contribution in [2.24, 2.45) is 5.41 Å². The minimum atomic E-state index is -1.25. The maximum Gasteiger partial charge on any atom is 0.302 e. The van der Waals surface area contributed by atoms with Crippen molar-refractivity contribution in [2.75, 3.05) is 13.2 Å². The molecule has 0 heterocycles. The zero-order valence-electron chi connectivity index (χ0n) is 14.6. The molecule has 0 aliphatic rings. The highest BCUT2D eigenvalue weighted by atomic mass is 16.6. The van der Waals surface area contributed by atoms with Crippen LogP contribution in [0.5, 0.6) is 0 Å². The quantitative estimate of drug-likeness (QED) is 0.252. The van der Waals surface area contributed by atoms with Gasteiger partial charge in [0.25, 0.3) is 0 Å². The number of Topliss-reactive ketones (excluding diaryl/α,β-unsaturated/α-hetero) is 1. The Labute approximate surface area is 147 Å². The first-order valence-corrected chi connectivity index (χ1v) is 8.07. The Kier molecular flexibility index (Phi) is 8.98. The van der Waals surface area contributed by atoms with E-state index in [-0.39, 0.29) is 31.8 Å². The third-order valence-corrected chi connectivity index (χ3v) is 3.93. The minimum Gasteiger partial charge on any atom is -0.463 e. The van der Waals surface area contributed by atoms with Crippen molar-refractivity contribution in [3.05, 3.63) is 35.9 Å². The summed E-state index contributed by atoms with van der Waals surface area (Å²) in [4.78, 5) is 39.2. The molecule has 0 spiro atoms. The van der Waals surface area contributed by atoms with Crippen LogP contribution in [0.2, 0.25) is 0 Å². The number of aliphatic hydroxyl groups excluding tert-OH is 1. The van der Waals surface area contributed by atoms with Crippen LogP contribution in [-0.2, 0) is 30.6 Å². The number of carbonyl (C=O) groups is 3. The summed E-state index contributed by atoms with van der Waals surface area (Å²) in [6.45, 7) is 2.77. The van der Waals surface area contributed by atoms with Crippen LogP contribution < -0.4 is 5.48 Å². The summed E-state index contributed by atoms with van der Waals surface area (Å²) in [7, 11) is 0. The number of aliphatic hydroxyl groups is 1. The first kappa shape index (κ1) is 21.0. The molecule has 25 heavy (non-hydrogen) atoms. The maximum absolute atomic E-state index is 12.4. The van der Waals surface area contributed by atoms with Crippen LogP contribution in [0, 0.1) is 5.41 Å². The van der Waals surface area contributed by atoms with Gasteiger partial charge in [-0.2, -0.15) is 0 Å². The minimum absolute atomic E-state index is 0.00248. The van der Waals surface area contributed by atoms with E-state index in [1.54, 1.807) is 6.92 Å². The van der Waals surface area contributed by atoms with Gasteiger partial charge in [-0.25, -0.2) is 5.48 Å². The van der Waals surface area contributed by atoms with Crippen LogP contribution in [0.1, 0.15) is 32.3 Å². The summed E-state index contributed by atoms with van der Waals surface area (Å²) < 4.78 is 4.80. The third-order valence-electron chi connectivity index (χ3n) is 3.93. The molecule has 2 atom stereocenters. The fourth-order valence-corrected chi connectivity index (χ4v) is 2.17. The molecule has 7 nitrogen and oxygen atoms in total. The molecule has 0 aliphatic heterocycles. The van der Waals surface area contributed by atoms with Gasteiger partial charge >= 0.3 is 5.97 Å². The zero-order chi connectivity index (χ0) is 18.7. The Bertz CT molecular complexity index is 562. The molecule has 7 heteroatoms. The lowest BCUT2D eigenvalue weighted by Crippen LogP contribution is -2.49. The highest BCUT2D eigenvalue weighted by Gasteiger charge is 2.40. The van der Waals surface area contributed by atoms with Crippen LogP contribution in [0.15, 0.2) is 30.3 Å². The number of rotatable bonds is 12. The number of carbonyl (C=O) groups excluding carboxylic acids is 3. The molecule has 0 aliphatic carbocycles. The second-order valence-electron chi connectivity index (χ2n) is 5.96. The molecular formula is C18H25NO6. The van der Waals surface area contributed by atoms with Gasteiger partial charge in [0, 0.05) is 26.3 Å². The molecule has 1 aromatic rings. The highest BCUT2D eigenvalue weighted by Crippen LogP contribution is 2.25. The van der Waals surface area contributed by atoms with E-state index in [2.05, 4.69) is 5.48 Å². The van der Waals surface area contributed by atoms with Gasteiger partial charge in [-0.15, -0.1) is 0 Å². The van der Waals surface area contributed by atoms with Crippen molar-refractivity contribution in [2.45, 2.75) is 39.4 Å². The molecule has 0 saturated heterocycles. The normalized spacial score (nSPS) is 14.4. The van der Waals surface area contributed by atoms with Crippen LogP contribution >= 0.6 is 0 Å². The molecule has 0 fully saturated rings. The molecule has 138 valence electrons. The Hall–Kier alpha value is -2.09. The summed E-state index contributed by atoms with van der Waals surface area (Å²) in [5, 5.41) is 10.3. The average molecular weight is 351 g/mol. The van der Waals surface area contributed by atoms with E-state index < -0.39 is 17.5 Å². The lowest BCUT2D eigenvalue weighted by molar-refractivity contribution is -0.153. The van der Waals surface area contributed by atoms with E-state index in [0.717, 1.165) is 5.56 Å². The second kappa shape index (κ2) is 10.7. The van der Waals surface area contributed by atoms with Gasteiger partial charge < -0.3 is 14.6 Å². The van der Waals surface area contributed by atoms with Crippen LogP contribution in [0.4, 0.5) is 0 Å². The second-order valence-corrected chi connectivity index (χ2v) is 5.96. The van der Waals surface area contributed by atoms with Gasteiger partial charge in [-0.3, -0.25) is 14.4 Å². The van der Waals surface area contributed by atoms with E-state index in [4.69, 9.17) is 9.57 Å². The molecule has 2 N–H and O–H groups in total. The van der Waals surface area contributed by atoms with Crippen molar-refractivity contribution < 1.29 is 29.1 Å². The monoisotopic (exact) mass is 351 g/mol. The molecular weight excluding hydrogens is 326 g/mol. The lowest BCUT2D eigenvalue weighted by Gasteiger charge is -2.32. The number of ketones is 1. The molecule has 1 aromatic carbocycles. The summed E-state index contributed by atoms with van der Waals surface area (Å²) in [6.07, 6.45) is -0.504. The number of hydrogen-bond donors (Lipinski definition) is 2. The standard InChI is InChI=1S/C18H25NO6/c1-14(21)24-12-17(23)18(2,16(22)9-6-10-20)13-19-25-11-15-7-4-3-5-8-15/h3-5,7-8,10,17,19,23H,6,9,11-13H2,1-2H3/t17-,18+/m1/s1. The highest BCUT2D eigenvalue weighted by molar-refractivity contribution is 5.86. The molecule has 0 radical (unpaired) electrons. The van der Waals surface area contributed by atoms with E-state index >= 15 is 0 Å². The van der Waals surface area contributed by atoms with Crippen molar-refractivity contribution in [3.8, 4) is 0 Å². The molecule has 1 rings (SSSR count). The predicted octanol–water partition coefficient (Wildman–Crippen LogP) is 1.19. The molecule has 0 aromatic heterocycles. The Morgan fingerprint density at radius 1 is 1.32 bits per heavy atom. The number of hydrogen-bond acceptors (Lipinski definition) is 7.